The first-order valence-corrected chi connectivity index (χ1v) is 5.43. The van der Waals surface area contributed by atoms with Crippen molar-refractivity contribution in [2.75, 3.05) is 17.6 Å². The van der Waals surface area contributed by atoms with Gasteiger partial charge in [-0.05, 0) is 42.3 Å². The van der Waals surface area contributed by atoms with Gasteiger partial charge in [-0.2, -0.15) is 0 Å². The van der Waals surface area contributed by atoms with Crippen LogP contribution in [0.1, 0.15) is 5.56 Å². The van der Waals surface area contributed by atoms with E-state index in [4.69, 9.17) is 5.73 Å². The minimum Gasteiger partial charge on any atom is -0.399 e. The van der Waals surface area contributed by atoms with E-state index in [9.17, 15) is 4.39 Å². The molecule has 2 aromatic rings. The molecule has 0 saturated heterocycles. The summed E-state index contributed by atoms with van der Waals surface area (Å²) in [6, 6.07) is 8.37. The second-order valence-electron chi connectivity index (χ2n) is 3.81. The zero-order valence-corrected chi connectivity index (χ0v) is 9.36. The summed E-state index contributed by atoms with van der Waals surface area (Å²) in [5, 5.41) is 3.13. The molecule has 0 fully saturated rings. The lowest BCUT2D eigenvalue weighted by atomic mass is 10.2. The van der Waals surface area contributed by atoms with Gasteiger partial charge >= 0.3 is 0 Å². The van der Waals surface area contributed by atoms with E-state index < -0.39 is 0 Å². The predicted molar refractivity (Wildman–Crippen MR) is 67.2 cm³/mol. The molecule has 0 aliphatic carbocycles. The fraction of sp³-hybridized carbons (Fsp3) is 0.154. The molecule has 1 heterocycles. The van der Waals surface area contributed by atoms with Crippen LogP contribution in [0, 0.1) is 5.82 Å². The largest absolute Gasteiger partial charge is 0.399 e. The Morgan fingerprint density at radius 3 is 2.65 bits per heavy atom. The third-order valence-corrected chi connectivity index (χ3v) is 2.41. The molecule has 1 aromatic heterocycles. The molecule has 0 aliphatic rings. The van der Waals surface area contributed by atoms with Crippen LogP contribution in [0.15, 0.2) is 42.7 Å². The maximum absolute atomic E-state index is 13.0. The van der Waals surface area contributed by atoms with Gasteiger partial charge < -0.3 is 11.1 Å². The van der Waals surface area contributed by atoms with Gasteiger partial charge in [0.05, 0.1) is 0 Å². The Balaban J connectivity index is 1.90. The van der Waals surface area contributed by atoms with Crippen LogP contribution in [0.4, 0.5) is 15.8 Å². The van der Waals surface area contributed by atoms with E-state index >= 15 is 0 Å². The van der Waals surface area contributed by atoms with Crippen molar-refractivity contribution in [1.29, 1.82) is 0 Å². The first-order valence-electron chi connectivity index (χ1n) is 5.43. The van der Waals surface area contributed by atoms with E-state index in [0.717, 1.165) is 13.0 Å². The average Bonchev–Trinajstić information content (AvgIpc) is 2.29. The first kappa shape index (κ1) is 11.4. The second kappa shape index (κ2) is 5.30. The highest BCUT2D eigenvalue weighted by Crippen LogP contribution is 2.15. The number of nitrogen functional groups attached to an aromatic ring is 1. The molecule has 0 spiro atoms. The summed E-state index contributed by atoms with van der Waals surface area (Å²) in [7, 11) is 0. The third-order valence-electron chi connectivity index (χ3n) is 2.41. The van der Waals surface area contributed by atoms with E-state index in [1.54, 1.807) is 18.5 Å². The molecule has 0 aliphatic heterocycles. The second-order valence-corrected chi connectivity index (χ2v) is 3.81. The summed E-state index contributed by atoms with van der Waals surface area (Å²) < 4.78 is 13.0. The van der Waals surface area contributed by atoms with Crippen LogP contribution in [-0.4, -0.2) is 11.5 Å². The Bertz CT molecular complexity index is 465. The molecule has 4 heteroatoms. The SMILES string of the molecule is Nc1cc(F)cc(NCCc2ccncc2)c1. The Labute approximate surface area is 99.5 Å². The van der Waals surface area contributed by atoms with Crippen LogP contribution in [0.3, 0.4) is 0 Å². The highest BCUT2D eigenvalue weighted by molar-refractivity contribution is 5.54. The van der Waals surface area contributed by atoms with Crippen LogP contribution in [-0.2, 0) is 6.42 Å². The summed E-state index contributed by atoms with van der Waals surface area (Å²) in [5.74, 6) is -0.323. The number of aromatic nitrogens is 1. The van der Waals surface area contributed by atoms with Crippen molar-refractivity contribution in [3.05, 3.63) is 54.1 Å². The summed E-state index contributed by atoms with van der Waals surface area (Å²) >= 11 is 0. The van der Waals surface area contributed by atoms with Gasteiger partial charge in [0.2, 0.25) is 0 Å². The van der Waals surface area contributed by atoms with Crippen LogP contribution < -0.4 is 11.1 Å². The molecule has 0 atom stereocenters. The number of halogens is 1. The number of benzene rings is 1. The van der Waals surface area contributed by atoms with Gasteiger partial charge in [-0.3, -0.25) is 4.98 Å². The fourth-order valence-electron chi connectivity index (χ4n) is 1.62. The zero-order chi connectivity index (χ0) is 12.1. The first-order chi connectivity index (χ1) is 8.24. The topological polar surface area (TPSA) is 50.9 Å². The van der Waals surface area contributed by atoms with Gasteiger partial charge in [-0.15, -0.1) is 0 Å². The van der Waals surface area contributed by atoms with E-state index in [0.29, 0.717) is 11.4 Å². The molecule has 17 heavy (non-hydrogen) atoms. The van der Waals surface area contributed by atoms with Crippen molar-refractivity contribution in [2.24, 2.45) is 0 Å². The molecule has 0 radical (unpaired) electrons. The fourth-order valence-corrected chi connectivity index (χ4v) is 1.62. The minimum absolute atomic E-state index is 0.323. The van der Waals surface area contributed by atoms with Crippen molar-refractivity contribution in [2.45, 2.75) is 6.42 Å². The molecule has 3 nitrogen and oxygen atoms in total. The van der Waals surface area contributed by atoms with E-state index in [1.807, 2.05) is 12.1 Å². The van der Waals surface area contributed by atoms with Gasteiger partial charge in [0.1, 0.15) is 5.82 Å². The lowest BCUT2D eigenvalue weighted by Gasteiger charge is -2.07. The number of nitrogens with two attached hydrogens (primary N) is 1. The molecule has 88 valence electrons. The van der Waals surface area contributed by atoms with Crippen molar-refractivity contribution in [3.63, 3.8) is 0 Å². The molecule has 2 rings (SSSR count). The Hall–Kier alpha value is -2.10. The monoisotopic (exact) mass is 231 g/mol. The quantitative estimate of drug-likeness (QED) is 0.795. The highest BCUT2D eigenvalue weighted by atomic mass is 19.1. The zero-order valence-electron chi connectivity index (χ0n) is 9.36. The maximum Gasteiger partial charge on any atom is 0.127 e. The van der Waals surface area contributed by atoms with Crippen LogP contribution in [0.25, 0.3) is 0 Å². The van der Waals surface area contributed by atoms with Crippen molar-refractivity contribution < 1.29 is 4.39 Å². The number of hydrogen-bond acceptors (Lipinski definition) is 3. The van der Waals surface area contributed by atoms with Crippen LogP contribution in [0.5, 0.6) is 0 Å². The number of hydrogen-bond donors (Lipinski definition) is 2. The van der Waals surface area contributed by atoms with Crippen LogP contribution >= 0.6 is 0 Å². The maximum atomic E-state index is 13.0. The standard InChI is InChI=1S/C13H14FN3/c14-11-7-12(15)9-13(8-11)17-6-3-10-1-4-16-5-2-10/h1-2,4-5,7-9,17H,3,6,15H2. The lowest BCUT2D eigenvalue weighted by Crippen LogP contribution is -2.05. The smallest absolute Gasteiger partial charge is 0.127 e. The van der Waals surface area contributed by atoms with Crippen molar-refractivity contribution in [1.82, 2.24) is 4.98 Å². The lowest BCUT2D eigenvalue weighted by molar-refractivity contribution is 0.629. The molecule has 0 amide bonds. The van der Waals surface area contributed by atoms with Gasteiger partial charge in [-0.25, -0.2) is 4.39 Å². The summed E-state index contributed by atoms with van der Waals surface area (Å²) in [6.07, 6.45) is 4.38. The van der Waals surface area contributed by atoms with Gasteiger partial charge in [0.15, 0.2) is 0 Å². The van der Waals surface area contributed by atoms with Gasteiger partial charge in [0.25, 0.3) is 0 Å². The van der Waals surface area contributed by atoms with E-state index in [2.05, 4.69) is 10.3 Å². The molecular formula is C13H14FN3. The molecular weight excluding hydrogens is 217 g/mol. The highest BCUT2D eigenvalue weighted by Gasteiger charge is 1.98. The Morgan fingerprint density at radius 1 is 1.18 bits per heavy atom. The summed E-state index contributed by atoms with van der Waals surface area (Å²) in [6.45, 7) is 0.729. The Kier molecular flexibility index (Phi) is 3.55. The predicted octanol–water partition coefficient (Wildman–Crippen LogP) is 2.46. The molecule has 0 bridgehead atoms. The number of anilines is 2. The molecule has 1 aromatic carbocycles. The number of nitrogens with zero attached hydrogens (tertiary/aromatic N) is 1. The van der Waals surface area contributed by atoms with Gasteiger partial charge in [0, 0.05) is 30.3 Å². The van der Waals surface area contributed by atoms with Crippen molar-refractivity contribution in [3.8, 4) is 0 Å². The van der Waals surface area contributed by atoms with Gasteiger partial charge in [-0.1, -0.05) is 0 Å². The normalized spacial score (nSPS) is 10.2. The number of nitrogens with one attached hydrogen (secondary N) is 1. The molecule has 0 unspecified atom stereocenters. The van der Waals surface area contributed by atoms with E-state index in [1.165, 1.54) is 17.7 Å². The molecule has 3 N–H and O–H groups in total. The number of rotatable bonds is 4. The summed E-state index contributed by atoms with van der Waals surface area (Å²) in [4.78, 5) is 3.95. The number of pyridine rings is 1. The van der Waals surface area contributed by atoms with E-state index in [-0.39, 0.29) is 5.82 Å². The molecule has 0 saturated carbocycles. The third kappa shape index (κ3) is 3.45. The average molecular weight is 231 g/mol. The van der Waals surface area contributed by atoms with Crippen molar-refractivity contribution >= 4 is 11.4 Å². The Morgan fingerprint density at radius 2 is 1.94 bits per heavy atom. The summed E-state index contributed by atoms with van der Waals surface area (Å²) in [5.41, 5.74) is 7.88. The van der Waals surface area contributed by atoms with Crippen LogP contribution in [0.2, 0.25) is 0 Å². The minimum atomic E-state index is -0.323.